The number of amides is 1. The molecule has 1 aliphatic rings. The zero-order valence-corrected chi connectivity index (χ0v) is 15.5. The summed E-state index contributed by atoms with van der Waals surface area (Å²) in [6.07, 6.45) is 7.40. The summed E-state index contributed by atoms with van der Waals surface area (Å²) >= 11 is 0. The van der Waals surface area contributed by atoms with Crippen LogP contribution in [0.3, 0.4) is 0 Å². The molecule has 0 aliphatic carbocycles. The normalized spacial score (nSPS) is 19.7. The van der Waals surface area contributed by atoms with Crippen LogP contribution in [0.1, 0.15) is 72.6 Å². The molecule has 2 N–H and O–H groups in total. The molecule has 4 heteroatoms. The smallest absolute Gasteiger partial charge is 0.245 e. The van der Waals surface area contributed by atoms with E-state index in [9.17, 15) is 9.90 Å². The number of β-amino-alcohol motifs (C(OH)–C–C–N with tert-alkyl or cyclic N) is 1. The molecule has 0 aromatic heterocycles. The van der Waals surface area contributed by atoms with Crippen molar-refractivity contribution < 1.29 is 9.90 Å². The minimum absolute atomic E-state index is 0.0844. The summed E-state index contributed by atoms with van der Waals surface area (Å²) in [6.45, 7) is 13.7. The Labute approximate surface area is 142 Å². The maximum Gasteiger partial charge on any atom is 0.245 e. The number of hydrogen-bond acceptors (Lipinski definition) is 3. The third kappa shape index (κ3) is 6.94. The number of unbranched alkanes of at least 4 members (excludes halogenated alkanes) is 4. The number of likely N-dealkylation sites (tertiary alicyclic amines) is 1. The standard InChI is InChI=1S/C19H36N2O2/c1-6-7-8-9-10-11-15(2)20-17(19(3,4)5)18(23)21-13-12-16(22)14-21/h16-17,20,22H,2,6-14H2,1,3-5H3. The summed E-state index contributed by atoms with van der Waals surface area (Å²) in [7, 11) is 0. The van der Waals surface area contributed by atoms with Crippen LogP contribution in [-0.2, 0) is 4.79 Å². The second-order valence-corrected chi connectivity index (χ2v) is 7.94. The number of nitrogens with one attached hydrogen (secondary N) is 1. The summed E-state index contributed by atoms with van der Waals surface area (Å²) in [5, 5.41) is 13.0. The zero-order valence-electron chi connectivity index (χ0n) is 15.5. The average molecular weight is 325 g/mol. The fraction of sp³-hybridized carbons (Fsp3) is 0.842. The average Bonchev–Trinajstić information content (AvgIpc) is 2.89. The number of carbonyl (C=O) groups excluding carboxylic acids is 1. The van der Waals surface area contributed by atoms with E-state index in [4.69, 9.17) is 0 Å². The lowest BCUT2D eigenvalue weighted by Crippen LogP contribution is -2.52. The van der Waals surface area contributed by atoms with Crippen molar-refractivity contribution in [2.75, 3.05) is 13.1 Å². The molecule has 0 aromatic carbocycles. The van der Waals surface area contributed by atoms with Crippen LogP contribution < -0.4 is 5.32 Å². The lowest BCUT2D eigenvalue weighted by Gasteiger charge is -2.34. The Morgan fingerprint density at radius 3 is 2.48 bits per heavy atom. The quantitative estimate of drug-likeness (QED) is 0.639. The number of aliphatic hydroxyl groups excluding tert-OH is 1. The van der Waals surface area contributed by atoms with Gasteiger partial charge in [0.1, 0.15) is 6.04 Å². The summed E-state index contributed by atoms with van der Waals surface area (Å²) < 4.78 is 0. The van der Waals surface area contributed by atoms with E-state index < -0.39 is 0 Å². The van der Waals surface area contributed by atoms with Gasteiger partial charge < -0.3 is 15.3 Å². The predicted molar refractivity (Wildman–Crippen MR) is 96.1 cm³/mol. The highest BCUT2D eigenvalue weighted by molar-refractivity contribution is 5.83. The molecular formula is C19H36N2O2. The van der Waals surface area contributed by atoms with Gasteiger partial charge in [-0.3, -0.25) is 4.79 Å². The van der Waals surface area contributed by atoms with Gasteiger partial charge in [-0.25, -0.2) is 0 Å². The van der Waals surface area contributed by atoms with Gasteiger partial charge >= 0.3 is 0 Å². The highest BCUT2D eigenvalue weighted by Crippen LogP contribution is 2.24. The van der Waals surface area contributed by atoms with Crippen LogP contribution in [0, 0.1) is 5.41 Å². The van der Waals surface area contributed by atoms with Crippen LogP contribution in [-0.4, -0.2) is 41.1 Å². The molecule has 1 amide bonds. The monoisotopic (exact) mass is 324 g/mol. The van der Waals surface area contributed by atoms with Crippen molar-refractivity contribution in [1.82, 2.24) is 10.2 Å². The lowest BCUT2D eigenvalue weighted by molar-refractivity contribution is -0.135. The second kappa shape index (κ2) is 9.31. The number of hydrogen-bond donors (Lipinski definition) is 2. The van der Waals surface area contributed by atoms with Crippen molar-refractivity contribution in [3.63, 3.8) is 0 Å². The van der Waals surface area contributed by atoms with Gasteiger partial charge in [0, 0.05) is 18.8 Å². The number of allylic oxidation sites excluding steroid dienone is 1. The van der Waals surface area contributed by atoms with E-state index in [1.54, 1.807) is 4.90 Å². The molecule has 0 spiro atoms. The molecule has 1 aliphatic heterocycles. The van der Waals surface area contributed by atoms with Gasteiger partial charge in [0.15, 0.2) is 0 Å². The van der Waals surface area contributed by atoms with Gasteiger partial charge in [-0.05, 0) is 24.7 Å². The van der Waals surface area contributed by atoms with Gasteiger partial charge in [-0.2, -0.15) is 0 Å². The van der Waals surface area contributed by atoms with Crippen LogP contribution in [0.2, 0.25) is 0 Å². The second-order valence-electron chi connectivity index (χ2n) is 7.94. The third-order valence-corrected chi connectivity index (χ3v) is 4.52. The first-order valence-electron chi connectivity index (χ1n) is 9.17. The lowest BCUT2D eigenvalue weighted by atomic mass is 9.85. The molecule has 1 heterocycles. The van der Waals surface area contributed by atoms with E-state index in [1.807, 2.05) is 0 Å². The van der Waals surface area contributed by atoms with Gasteiger partial charge in [0.05, 0.1) is 6.10 Å². The molecule has 0 bridgehead atoms. The van der Waals surface area contributed by atoms with Crippen LogP contribution >= 0.6 is 0 Å². The molecule has 23 heavy (non-hydrogen) atoms. The molecule has 4 nitrogen and oxygen atoms in total. The maximum absolute atomic E-state index is 12.8. The third-order valence-electron chi connectivity index (χ3n) is 4.52. The van der Waals surface area contributed by atoms with Crippen LogP contribution in [0.15, 0.2) is 12.3 Å². The minimum Gasteiger partial charge on any atom is -0.391 e. The van der Waals surface area contributed by atoms with Crippen LogP contribution in [0.5, 0.6) is 0 Å². The molecule has 0 aromatic rings. The number of nitrogens with zero attached hydrogens (tertiary/aromatic N) is 1. The molecular weight excluding hydrogens is 288 g/mol. The van der Waals surface area contributed by atoms with Crippen molar-refractivity contribution in [2.24, 2.45) is 5.41 Å². The van der Waals surface area contributed by atoms with Crippen molar-refractivity contribution in [2.45, 2.75) is 84.8 Å². The van der Waals surface area contributed by atoms with E-state index in [-0.39, 0.29) is 23.5 Å². The van der Waals surface area contributed by atoms with E-state index in [1.165, 1.54) is 25.7 Å². The topological polar surface area (TPSA) is 52.6 Å². The first-order chi connectivity index (χ1) is 10.8. The molecule has 0 radical (unpaired) electrons. The summed E-state index contributed by atoms with van der Waals surface area (Å²) in [5.41, 5.74) is 0.769. The van der Waals surface area contributed by atoms with E-state index in [0.29, 0.717) is 19.5 Å². The highest BCUT2D eigenvalue weighted by atomic mass is 16.3. The molecule has 1 saturated heterocycles. The van der Waals surface area contributed by atoms with Gasteiger partial charge in [-0.15, -0.1) is 0 Å². The first kappa shape index (κ1) is 20.0. The maximum atomic E-state index is 12.8. The molecule has 134 valence electrons. The molecule has 2 atom stereocenters. The van der Waals surface area contributed by atoms with Gasteiger partial charge in [0.25, 0.3) is 0 Å². The van der Waals surface area contributed by atoms with Gasteiger partial charge in [-0.1, -0.05) is 60.0 Å². The Kier molecular flexibility index (Phi) is 8.10. The molecule has 2 unspecified atom stereocenters. The molecule has 0 saturated carbocycles. The number of aliphatic hydroxyl groups is 1. The first-order valence-corrected chi connectivity index (χ1v) is 9.17. The van der Waals surface area contributed by atoms with E-state index in [0.717, 1.165) is 18.5 Å². The van der Waals surface area contributed by atoms with Crippen molar-refractivity contribution >= 4 is 5.91 Å². The fourth-order valence-corrected chi connectivity index (χ4v) is 2.99. The summed E-state index contributed by atoms with van der Waals surface area (Å²) in [4.78, 5) is 14.6. The van der Waals surface area contributed by atoms with Gasteiger partial charge in [0.2, 0.25) is 5.91 Å². The van der Waals surface area contributed by atoms with Crippen LogP contribution in [0.25, 0.3) is 0 Å². The highest BCUT2D eigenvalue weighted by Gasteiger charge is 2.36. The summed E-state index contributed by atoms with van der Waals surface area (Å²) in [5.74, 6) is 0.0844. The van der Waals surface area contributed by atoms with Crippen molar-refractivity contribution in [3.8, 4) is 0 Å². The fourth-order valence-electron chi connectivity index (χ4n) is 2.99. The number of carbonyl (C=O) groups is 1. The SMILES string of the molecule is C=C(CCCCCCC)NC(C(=O)N1CCC(O)C1)C(C)(C)C. The Bertz CT molecular complexity index is 387. The Morgan fingerprint density at radius 2 is 1.96 bits per heavy atom. The Hall–Kier alpha value is -1.03. The Balaban J connectivity index is 2.51. The predicted octanol–water partition coefficient (Wildman–Crippen LogP) is 3.46. The number of rotatable bonds is 9. The minimum atomic E-state index is -0.374. The van der Waals surface area contributed by atoms with Crippen molar-refractivity contribution in [3.05, 3.63) is 12.3 Å². The molecule has 1 rings (SSSR count). The van der Waals surface area contributed by atoms with E-state index in [2.05, 4.69) is 39.6 Å². The largest absolute Gasteiger partial charge is 0.391 e. The Morgan fingerprint density at radius 1 is 1.30 bits per heavy atom. The van der Waals surface area contributed by atoms with Crippen molar-refractivity contribution in [1.29, 1.82) is 0 Å². The van der Waals surface area contributed by atoms with Crippen LogP contribution in [0.4, 0.5) is 0 Å². The molecule has 1 fully saturated rings. The van der Waals surface area contributed by atoms with E-state index >= 15 is 0 Å². The zero-order chi connectivity index (χ0) is 17.5. The summed E-state index contributed by atoms with van der Waals surface area (Å²) in [6, 6.07) is -0.282.